The van der Waals surface area contributed by atoms with Crippen molar-refractivity contribution in [1.29, 1.82) is 0 Å². The number of hydrogen-bond acceptors (Lipinski definition) is 6. The number of nitrogens with two attached hydrogens (primary N) is 2. The lowest BCUT2D eigenvalue weighted by Crippen LogP contribution is -2.50. The molecule has 7 heteroatoms. The number of rotatable bonds is 4. The van der Waals surface area contributed by atoms with Crippen molar-refractivity contribution in [2.45, 2.75) is 10.3 Å². The van der Waals surface area contributed by atoms with Gasteiger partial charge in [0.15, 0.2) is 9.84 Å². The maximum atomic E-state index is 12.8. The second-order valence-electron chi connectivity index (χ2n) is 5.30. The van der Waals surface area contributed by atoms with Gasteiger partial charge in [0.25, 0.3) is 0 Å². The first-order valence-electron chi connectivity index (χ1n) is 6.80. The summed E-state index contributed by atoms with van der Waals surface area (Å²) in [5, 5.41) is -0.741. The minimum absolute atomic E-state index is 0.179. The number of benzene rings is 1. The van der Waals surface area contributed by atoms with Gasteiger partial charge in [-0.05, 0) is 25.2 Å². The minimum atomic E-state index is -3.55. The Hall–Kier alpha value is -1.57. The van der Waals surface area contributed by atoms with Crippen molar-refractivity contribution in [3.8, 4) is 0 Å². The van der Waals surface area contributed by atoms with Gasteiger partial charge in [-0.3, -0.25) is 4.90 Å². The molecule has 1 unspecified atom stereocenters. The SMILES string of the molecule is C=CC(N1CCN(C)CC1)S(=O)(=O)c1ccc(N)c(N)c1. The number of hydrogen-bond donors (Lipinski definition) is 2. The van der Waals surface area contributed by atoms with E-state index >= 15 is 0 Å². The lowest BCUT2D eigenvalue weighted by atomic mass is 10.3. The molecule has 6 nitrogen and oxygen atoms in total. The molecule has 1 fully saturated rings. The van der Waals surface area contributed by atoms with Gasteiger partial charge in [0.1, 0.15) is 5.37 Å². The maximum absolute atomic E-state index is 12.8. The number of anilines is 2. The summed E-state index contributed by atoms with van der Waals surface area (Å²) < 4.78 is 25.6. The molecule has 2 rings (SSSR count). The minimum Gasteiger partial charge on any atom is -0.397 e. The van der Waals surface area contributed by atoms with E-state index in [2.05, 4.69) is 11.5 Å². The Morgan fingerprint density at radius 3 is 2.33 bits per heavy atom. The number of nitrogen functional groups attached to an aromatic ring is 2. The van der Waals surface area contributed by atoms with Crippen LogP contribution in [0.15, 0.2) is 35.7 Å². The van der Waals surface area contributed by atoms with Gasteiger partial charge in [0, 0.05) is 26.2 Å². The molecule has 0 bridgehead atoms. The maximum Gasteiger partial charge on any atom is 0.198 e. The highest BCUT2D eigenvalue weighted by Crippen LogP contribution is 2.25. The van der Waals surface area contributed by atoms with Crippen LogP contribution in [0.5, 0.6) is 0 Å². The molecule has 1 aliphatic rings. The second kappa shape index (κ2) is 6.05. The predicted octanol–water partition coefficient (Wildman–Crippen LogP) is 0.384. The zero-order valence-corrected chi connectivity index (χ0v) is 13.0. The van der Waals surface area contributed by atoms with Crippen LogP contribution in [0.3, 0.4) is 0 Å². The van der Waals surface area contributed by atoms with Gasteiger partial charge in [0.2, 0.25) is 0 Å². The normalized spacial score (nSPS) is 19.3. The van der Waals surface area contributed by atoms with Crippen molar-refractivity contribution < 1.29 is 8.42 Å². The van der Waals surface area contributed by atoms with E-state index in [0.29, 0.717) is 18.8 Å². The van der Waals surface area contributed by atoms with E-state index < -0.39 is 15.2 Å². The van der Waals surface area contributed by atoms with Crippen molar-refractivity contribution in [3.63, 3.8) is 0 Å². The van der Waals surface area contributed by atoms with Crippen LogP contribution >= 0.6 is 0 Å². The Bertz CT molecular complexity index is 622. The first-order chi connectivity index (χ1) is 9.86. The molecule has 1 heterocycles. The van der Waals surface area contributed by atoms with Crippen molar-refractivity contribution >= 4 is 21.2 Å². The van der Waals surface area contributed by atoms with E-state index in [1.807, 2.05) is 11.9 Å². The summed E-state index contributed by atoms with van der Waals surface area (Å²) in [5.41, 5.74) is 12.0. The molecule has 21 heavy (non-hydrogen) atoms. The zero-order chi connectivity index (χ0) is 15.6. The Kier molecular flexibility index (Phi) is 4.55. The summed E-state index contributed by atoms with van der Waals surface area (Å²) in [4.78, 5) is 4.28. The molecule has 0 radical (unpaired) electrons. The fraction of sp³-hybridized carbons (Fsp3) is 0.429. The molecule has 4 N–H and O–H groups in total. The monoisotopic (exact) mass is 310 g/mol. The Balaban J connectivity index is 2.31. The highest BCUT2D eigenvalue weighted by molar-refractivity contribution is 7.92. The van der Waals surface area contributed by atoms with E-state index in [4.69, 9.17) is 11.5 Å². The molecule has 1 saturated heterocycles. The standard InChI is InChI=1S/C14H22N4O2S/c1-3-14(18-8-6-17(2)7-9-18)21(19,20)11-4-5-12(15)13(16)10-11/h3-5,10,14H,1,6-9,15-16H2,2H3. The van der Waals surface area contributed by atoms with Crippen LogP contribution < -0.4 is 11.5 Å². The molecule has 0 aliphatic carbocycles. The lowest BCUT2D eigenvalue weighted by molar-refractivity contribution is 0.154. The largest absolute Gasteiger partial charge is 0.397 e. The molecule has 116 valence electrons. The van der Waals surface area contributed by atoms with Crippen LogP contribution in [0.1, 0.15) is 0 Å². The molecule has 0 spiro atoms. The van der Waals surface area contributed by atoms with Gasteiger partial charge < -0.3 is 16.4 Å². The van der Waals surface area contributed by atoms with Crippen LogP contribution in [-0.2, 0) is 9.84 Å². The van der Waals surface area contributed by atoms with Gasteiger partial charge in [-0.25, -0.2) is 8.42 Å². The summed E-state index contributed by atoms with van der Waals surface area (Å²) in [6, 6.07) is 4.43. The van der Waals surface area contributed by atoms with E-state index in [0.717, 1.165) is 13.1 Å². The van der Waals surface area contributed by atoms with Crippen LogP contribution in [0.4, 0.5) is 11.4 Å². The first kappa shape index (κ1) is 15.8. The van der Waals surface area contributed by atoms with Crippen molar-refractivity contribution in [1.82, 2.24) is 9.80 Å². The highest BCUT2D eigenvalue weighted by atomic mass is 32.2. The fourth-order valence-electron chi connectivity index (χ4n) is 2.42. The van der Waals surface area contributed by atoms with Crippen LogP contribution in [0.25, 0.3) is 0 Å². The summed E-state index contributed by atoms with van der Waals surface area (Å²) >= 11 is 0. The van der Waals surface area contributed by atoms with Gasteiger partial charge in [0.05, 0.1) is 16.3 Å². The predicted molar refractivity (Wildman–Crippen MR) is 85.5 cm³/mol. The third-order valence-corrected chi connectivity index (χ3v) is 5.84. The van der Waals surface area contributed by atoms with Gasteiger partial charge in [-0.2, -0.15) is 0 Å². The zero-order valence-electron chi connectivity index (χ0n) is 12.2. The van der Waals surface area contributed by atoms with Crippen LogP contribution in [-0.4, -0.2) is 56.8 Å². The summed E-state index contributed by atoms with van der Waals surface area (Å²) in [5.74, 6) is 0. The summed E-state index contributed by atoms with van der Waals surface area (Å²) in [6.07, 6.45) is 1.48. The molecular formula is C14H22N4O2S. The average Bonchev–Trinajstić information content (AvgIpc) is 2.44. The number of piperazine rings is 1. The van der Waals surface area contributed by atoms with E-state index in [1.165, 1.54) is 24.3 Å². The first-order valence-corrected chi connectivity index (χ1v) is 8.35. The molecule has 0 saturated carbocycles. The van der Waals surface area contributed by atoms with E-state index in [1.54, 1.807) is 0 Å². The Morgan fingerprint density at radius 2 is 1.81 bits per heavy atom. The molecule has 1 aliphatic heterocycles. The van der Waals surface area contributed by atoms with Gasteiger partial charge in [-0.15, -0.1) is 6.58 Å². The van der Waals surface area contributed by atoms with E-state index in [9.17, 15) is 8.42 Å². The molecule has 1 aromatic rings. The number of likely N-dealkylation sites (N-methyl/N-ethyl adjacent to an activating group) is 1. The molecule has 0 amide bonds. The van der Waals surface area contributed by atoms with Crippen molar-refractivity contribution in [2.75, 3.05) is 44.7 Å². The smallest absolute Gasteiger partial charge is 0.198 e. The van der Waals surface area contributed by atoms with Crippen molar-refractivity contribution in [3.05, 3.63) is 30.9 Å². The van der Waals surface area contributed by atoms with Crippen molar-refractivity contribution in [2.24, 2.45) is 0 Å². The molecule has 1 atom stereocenters. The molecular weight excluding hydrogens is 288 g/mol. The van der Waals surface area contributed by atoms with E-state index in [-0.39, 0.29) is 10.6 Å². The van der Waals surface area contributed by atoms with Gasteiger partial charge in [-0.1, -0.05) is 6.08 Å². The van der Waals surface area contributed by atoms with Gasteiger partial charge >= 0.3 is 0 Å². The second-order valence-corrected chi connectivity index (χ2v) is 7.35. The average molecular weight is 310 g/mol. The molecule has 0 aromatic heterocycles. The summed E-state index contributed by atoms with van der Waals surface area (Å²) in [6.45, 7) is 6.75. The third kappa shape index (κ3) is 3.20. The Labute approximate surface area is 125 Å². The Morgan fingerprint density at radius 1 is 1.19 bits per heavy atom. The van der Waals surface area contributed by atoms with Crippen LogP contribution in [0.2, 0.25) is 0 Å². The topological polar surface area (TPSA) is 92.7 Å². The fourth-order valence-corrected chi connectivity index (χ4v) is 4.10. The van der Waals surface area contributed by atoms with Crippen LogP contribution in [0, 0.1) is 0 Å². The summed E-state index contributed by atoms with van der Waals surface area (Å²) in [7, 11) is -1.53. The lowest BCUT2D eigenvalue weighted by Gasteiger charge is -2.36. The molecule has 1 aromatic carbocycles. The highest BCUT2D eigenvalue weighted by Gasteiger charge is 2.32. The number of sulfone groups is 1. The quantitative estimate of drug-likeness (QED) is 0.617. The third-order valence-electron chi connectivity index (χ3n) is 3.80. The number of nitrogens with zero attached hydrogens (tertiary/aromatic N) is 2.